The first kappa shape index (κ1) is 21.5. The van der Waals surface area contributed by atoms with Gasteiger partial charge in [-0.15, -0.1) is 0 Å². The van der Waals surface area contributed by atoms with E-state index in [1.54, 1.807) is 34.1 Å². The zero-order chi connectivity index (χ0) is 22.3. The van der Waals surface area contributed by atoms with Gasteiger partial charge in [-0.25, -0.2) is 4.79 Å². The van der Waals surface area contributed by atoms with Crippen molar-refractivity contribution in [1.29, 1.82) is 0 Å². The fourth-order valence-electron chi connectivity index (χ4n) is 3.66. The van der Waals surface area contributed by atoms with Crippen molar-refractivity contribution in [2.45, 2.75) is 12.5 Å². The Labute approximate surface area is 186 Å². The van der Waals surface area contributed by atoms with E-state index in [9.17, 15) is 14.4 Å². The van der Waals surface area contributed by atoms with E-state index < -0.39 is 6.10 Å². The second-order valence-electron chi connectivity index (χ2n) is 7.57. The highest BCUT2D eigenvalue weighted by Crippen LogP contribution is 2.31. The summed E-state index contributed by atoms with van der Waals surface area (Å²) in [4.78, 5) is 40.6. The second kappa shape index (κ2) is 10.0. The summed E-state index contributed by atoms with van der Waals surface area (Å²) in [5.41, 5.74) is 0.688. The van der Waals surface area contributed by atoms with E-state index >= 15 is 0 Å². The quantitative estimate of drug-likeness (QED) is 0.740. The van der Waals surface area contributed by atoms with Gasteiger partial charge >= 0.3 is 6.03 Å². The number of carbonyl (C=O) groups excluding carboxylic acids is 3. The number of urea groups is 1. The first-order chi connectivity index (χ1) is 15.6. The number of rotatable bonds is 5. The molecule has 168 valence electrons. The van der Waals surface area contributed by atoms with Crippen LogP contribution in [0.2, 0.25) is 0 Å². The number of hydrogen-bond donors (Lipinski definition) is 2. The van der Waals surface area contributed by atoms with Crippen LogP contribution >= 0.6 is 0 Å². The molecular formula is C23H26N4O5. The van der Waals surface area contributed by atoms with Gasteiger partial charge in [0.25, 0.3) is 5.91 Å². The first-order valence-electron chi connectivity index (χ1n) is 10.6. The van der Waals surface area contributed by atoms with Crippen LogP contribution < -0.4 is 20.1 Å². The lowest BCUT2D eigenvalue weighted by atomic mass is 10.2. The Morgan fingerprint density at radius 3 is 2.28 bits per heavy atom. The monoisotopic (exact) mass is 438 g/mol. The van der Waals surface area contributed by atoms with Crippen LogP contribution in [0, 0.1) is 0 Å². The van der Waals surface area contributed by atoms with Crippen molar-refractivity contribution in [1.82, 2.24) is 15.1 Å². The Bertz CT molecular complexity index is 960. The van der Waals surface area contributed by atoms with Crippen molar-refractivity contribution >= 4 is 23.5 Å². The number of carbonyl (C=O) groups is 3. The summed E-state index contributed by atoms with van der Waals surface area (Å²) in [6.45, 7) is 2.19. The summed E-state index contributed by atoms with van der Waals surface area (Å²) in [5, 5.41) is 5.40. The molecule has 0 radical (unpaired) electrons. The number of anilines is 1. The average Bonchev–Trinajstić information content (AvgIpc) is 2.84. The van der Waals surface area contributed by atoms with Gasteiger partial charge < -0.3 is 29.9 Å². The largest absolute Gasteiger partial charge is 0.485 e. The second-order valence-corrected chi connectivity index (χ2v) is 7.57. The predicted molar refractivity (Wildman–Crippen MR) is 118 cm³/mol. The summed E-state index contributed by atoms with van der Waals surface area (Å²) in [5.74, 6) is 1.02. The Morgan fingerprint density at radius 2 is 1.53 bits per heavy atom. The number of benzene rings is 2. The van der Waals surface area contributed by atoms with Gasteiger partial charge in [0, 0.05) is 44.8 Å². The van der Waals surface area contributed by atoms with Gasteiger partial charge in [-0.1, -0.05) is 30.3 Å². The number of amides is 4. The molecule has 2 heterocycles. The molecule has 1 saturated heterocycles. The Morgan fingerprint density at radius 1 is 0.875 bits per heavy atom. The third-order valence-electron chi connectivity index (χ3n) is 5.38. The smallest absolute Gasteiger partial charge is 0.319 e. The number of piperazine rings is 1. The van der Waals surface area contributed by atoms with E-state index in [0.29, 0.717) is 43.4 Å². The van der Waals surface area contributed by atoms with Crippen LogP contribution in [0.4, 0.5) is 10.5 Å². The Hall–Kier alpha value is -3.75. The van der Waals surface area contributed by atoms with Crippen molar-refractivity contribution in [2.75, 3.05) is 44.6 Å². The molecule has 9 heteroatoms. The maximum Gasteiger partial charge on any atom is 0.319 e. The summed E-state index contributed by atoms with van der Waals surface area (Å²) >= 11 is 0. The Kier molecular flexibility index (Phi) is 6.74. The molecule has 0 saturated carbocycles. The van der Waals surface area contributed by atoms with Crippen LogP contribution in [0.1, 0.15) is 6.42 Å². The average molecular weight is 438 g/mol. The van der Waals surface area contributed by atoms with Gasteiger partial charge in [0.2, 0.25) is 12.0 Å². The van der Waals surface area contributed by atoms with E-state index in [1.165, 1.54) is 0 Å². The molecule has 0 aliphatic carbocycles. The number of fused-ring (bicyclic) bond motifs is 1. The highest BCUT2D eigenvalue weighted by Gasteiger charge is 2.33. The fourth-order valence-corrected chi connectivity index (χ4v) is 3.66. The van der Waals surface area contributed by atoms with Crippen molar-refractivity contribution in [2.24, 2.45) is 0 Å². The first-order valence-corrected chi connectivity index (χ1v) is 10.6. The molecule has 2 aliphatic heterocycles. The lowest BCUT2D eigenvalue weighted by Crippen LogP contribution is -2.55. The molecule has 2 aromatic rings. The maximum atomic E-state index is 12.8. The fraction of sp³-hybridized carbons (Fsp3) is 0.348. The number of ether oxygens (including phenoxy) is 2. The molecule has 4 rings (SSSR count). The van der Waals surface area contributed by atoms with Crippen molar-refractivity contribution < 1.29 is 23.9 Å². The van der Waals surface area contributed by atoms with Gasteiger partial charge in [-0.3, -0.25) is 9.59 Å². The SMILES string of the molecule is O=C(NCCC(=O)N1CCN(C(=O)[C@H]2COc3ccccc3O2)CC1)Nc1ccccc1. The molecule has 0 spiro atoms. The molecule has 1 atom stereocenters. The highest BCUT2D eigenvalue weighted by molar-refractivity contribution is 5.89. The van der Waals surface area contributed by atoms with Crippen LogP contribution in [0.25, 0.3) is 0 Å². The summed E-state index contributed by atoms with van der Waals surface area (Å²) < 4.78 is 11.4. The molecular weight excluding hydrogens is 412 g/mol. The van der Waals surface area contributed by atoms with Crippen molar-refractivity contribution in [3.05, 3.63) is 54.6 Å². The van der Waals surface area contributed by atoms with Crippen LogP contribution in [0.5, 0.6) is 11.5 Å². The summed E-state index contributed by atoms with van der Waals surface area (Å²) in [6.07, 6.45) is -0.480. The minimum absolute atomic E-state index is 0.0525. The molecule has 9 nitrogen and oxygen atoms in total. The standard InChI is InChI=1S/C23H26N4O5/c28-21(10-11-24-23(30)25-17-6-2-1-3-7-17)26-12-14-27(15-13-26)22(29)20-16-31-18-8-4-5-9-19(18)32-20/h1-9,20H,10-16H2,(H2,24,25,30)/t20-/m1/s1. The highest BCUT2D eigenvalue weighted by atomic mass is 16.6. The van der Waals surface area contributed by atoms with Crippen LogP contribution in [-0.4, -0.2) is 73.1 Å². The lowest BCUT2D eigenvalue weighted by molar-refractivity contribution is -0.146. The third-order valence-corrected chi connectivity index (χ3v) is 5.38. The molecule has 4 amide bonds. The van der Waals surface area contributed by atoms with Gasteiger partial charge in [0.1, 0.15) is 6.61 Å². The number of nitrogens with zero attached hydrogens (tertiary/aromatic N) is 2. The van der Waals surface area contributed by atoms with E-state index in [1.807, 2.05) is 30.3 Å². The molecule has 2 N–H and O–H groups in total. The number of hydrogen-bond acceptors (Lipinski definition) is 5. The number of para-hydroxylation sites is 3. The summed E-state index contributed by atoms with van der Waals surface area (Å²) in [7, 11) is 0. The maximum absolute atomic E-state index is 12.8. The van der Waals surface area contributed by atoms with E-state index in [2.05, 4.69) is 10.6 Å². The minimum Gasteiger partial charge on any atom is -0.485 e. The van der Waals surface area contributed by atoms with Gasteiger partial charge in [0.05, 0.1) is 0 Å². The lowest BCUT2D eigenvalue weighted by Gasteiger charge is -2.37. The van der Waals surface area contributed by atoms with Crippen molar-refractivity contribution in [3.8, 4) is 11.5 Å². The Balaban J connectivity index is 1.17. The number of nitrogens with one attached hydrogen (secondary N) is 2. The van der Waals surface area contributed by atoms with Gasteiger partial charge in [-0.05, 0) is 24.3 Å². The van der Waals surface area contributed by atoms with Crippen LogP contribution in [-0.2, 0) is 9.59 Å². The third kappa shape index (κ3) is 5.29. The zero-order valence-electron chi connectivity index (χ0n) is 17.7. The molecule has 32 heavy (non-hydrogen) atoms. The topological polar surface area (TPSA) is 100 Å². The van der Waals surface area contributed by atoms with Crippen LogP contribution in [0.15, 0.2) is 54.6 Å². The van der Waals surface area contributed by atoms with Crippen LogP contribution in [0.3, 0.4) is 0 Å². The van der Waals surface area contributed by atoms with E-state index in [-0.39, 0.29) is 37.4 Å². The minimum atomic E-state index is -0.681. The summed E-state index contributed by atoms with van der Waals surface area (Å²) in [6, 6.07) is 16.0. The molecule has 0 bridgehead atoms. The van der Waals surface area contributed by atoms with E-state index in [4.69, 9.17) is 9.47 Å². The molecule has 2 aliphatic rings. The molecule has 0 unspecified atom stereocenters. The molecule has 0 aromatic heterocycles. The zero-order valence-corrected chi connectivity index (χ0v) is 17.7. The molecule has 1 fully saturated rings. The van der Waals surface area contributed by atoms with Gasteiger partial charge in [-0.2, -0.15) is 0 Å². The van der Waals surface area contributed by atoms with Gasteiger partial charge in [0.15, 0.2) is 11.5 Å². The van der Waals surface area contributed by atoms with E-state index in [0.717, 1.165) is 0 Å². The molecule has 2 aromatic carbocycles. The van der Waals surface area contributed by atoms with Crippen molar-refractivity contribution in [3.63, 3.8) is 0 Å². The normalized spacial score (nSPS) is 17.4. The predicted octanol–water partition coefficient (Wildman–Crippen LogP) is 1.71.